The average Bonchev–Trinajstić information content (AvgIpc) is 2.91. The van der Waals surface area contributed by atoms with Gasteiger partial charge in [-0.1, -0.05) is 6.92 Å². The Labute approximate surface area is 124 Å². The lowest BCUT2D eigenvalue weighted by Gasteiger charge is -2.20. The first kappa shape index (κ1) is 18.1. The molecule has 1 unspecified atom stereocenters. The van der Waals surface area contributed by atoms with Crippen molar-refractivity contribution >= 4 is 10.3 Å². The number of aliphatic hydroxyl groups excluding tert-OH is 1. The SMILES string of the molecule is CCN(CC(O)COCCNCc1ccco1)S(=O)(=O)O. The van der Waals surface area contributed by atoms with Gasteiger partial charge in [-0.05, 0) is 12.1 Å². The number of ether oxygens (including phenoxy) is 1. The maximum Gasteiger partial charge on any atom is 0.335 e. The van der Waals surface area contributed by atoms with Crippen molar-refractivity contribution in [2.45, 2.75) is 19.6 Å². The molecule has 0 fully saturated rings. The minimum absolute atomic E-state index is 0.00550. The number of likely N-dealkylation sites (N-methyl/N-ethyl adjacent to an activating group) is 1. The average molecular weight is 322 g/mol. The number of aliphatic hydroxyl groups is 1. The third kappa shape index (κ3) is 7.55. The predicted molar refractivity (Wildman–Crippen MR) is 76.0 cm³/mol. The quantitative estimate of drug-likeness (QED) is 0.384. The van der Waals surface area contributed by atoms with Crippen LogP contribution in [0, 0.1) is 0 Å². The van der Waals surface area contributed by atoms with Crippen molar-refractivity contribution in [1.82, 2.24) is 9.62 Å². The van der Waals surface area contributed by atoms with Gasteiger partial charge in [0.25, 0.3) is 0 Å². The van der Waals surface area contributed by atoms with Crippen LogP contribution in [-0.2, 0) is 21.6 Å². The van der Waals surface area contributed by atoms with Crippen LogP contribution in [0.3, 0.4) is 0 Å². The molecule has 0 saturated heterocycles. The summed E-state index contributed by atoms with van der Waals surface area (Å²) in [7, 11) is -4.28. The molecule has 1 heterocycles. The highest BCUT2D eigenvalue weighted by Crippen LogP contribution is 2.00. The lowest BCUT2D eigenvalue weighted by molar-refractivity contribution is 0.0284. The fourth-order valence-electron chi connectivity index (χ4n) is 1.66. The molecule has 0 aliphatic heterocycles. The van der Waals surface area contributed by atoms with Crippen LogP contribution in [0.5, 0.6) is 0 Å². The first-order valence-electron chi connectivity index (χ1n) is 6.65. The Morgan fingerprint density at radius 1 is 1.52 bits per heavy atom. The largest absolute Gasteiger partial charge is 0.468 e. The van der Waals surface area contributed by atoms with E-state index >= 15 is 0 Å². The van der Waals surface area contributed by atoms with E-state index in [1.54, 1.807) is 19.3 Å². The number of hydrogen-bond acceptors (Lipinski definition) is 6. The van der Waals surface area contributed by atoms with Gasteiger partial charge in [-0.15, -0.1) is 0 Å². The molecule has 0 aliphatic rings. The summed E-state index contributed by atoms with van der Waals surface area (Å²) < 4.78 is 41.9. The molecule has 0 amide bonds. The molecule has 8 nitrogen and oxygen atoms in total. The Morgan fingerprint density at radius 3 is 2.86 bits per heavy atom. The molecular weight excluding hydrogens is 300 g/mol. The number of rotatable bonds is 11. The van der Waals surface area contributed by atoms with Gasteiger partial charge < -0.3 is 19.6 Å². The van der Waals surface area contributed by atoms with Gasteiger partial charge in [-0.25, -0.2) is 0 Å². The van der Waals surface area contributed by atoms with E-state index in [9.17, 15) is 13.5 Å². The second-order valence-electron chi connectivity index (χ2n) is 4.41. The van der Waals surface area contributed by atoms with Crippen molar-refractivity contribution in [2.24, 2.45) is 0 Å². The van der Waals surface area contributed by atoms with Gasteiger partial charge in [-0.3, -0.25) is 4.55 Å². The van der Waals surface area contributed by atoms with E-state index in [1.807, 2.05) is 6.07 Å². The molecule has 0 aliphatic carbocycles. The lowest BCUT2D eigenvalue weighted by Crippen LogP contribution is -2.39. The fraction of sp³-hybridized carbons (Fsp3) is 0.667. The van der Waals surface area contributed by atoms with E-state index < -0.39 is 16.4 Å². The summed E-state index contributed by atoms with van der Waals surface area (Å²) in [6, 6.07) is 3.66. The normalized spacial score (nSPS) is 13.7. The highest BCUT2D eigenvalue weighted by atomic mass is 32.2. The Hall–Kier alpha value is -0.970. The molecule has 21 heavy (non-hydrogen) atoms. The number of hydrogen-bond donors (Lipinski definition) is 3. The number of furan rings is 1. The maximum atomic E-state index is 10.9. The van der Waals surface area contributed by atoms with E-state index in [4.69, 9.17) is 13.7 Å². The summed E-state index contributed by atoms with van der Waals surface area (Å²) in [6.07, 6.45) is 0.607. The van der Waals surface area contributed by atoms with Crippen LogP contribution in [0.25, 0.3) is 0 Å². The van der Waals surface area contributed by atoms with E-state index in [1.165, 1.54) is 0 Å². The first-order valence-corrected chi connectivity index (χ1v) is 8.04. The third-order valence-electron chi connectivity index (χ3n) is 2.71. The van der Waals surface area contributed by atoms with Crippen LogP contribution in [0.1, 0.15) is 12.7 Å². The zero-order valence-corrected chi connectivity index (χ0v) is 12.8. The third-order valence-corrected chi connectivity index (χ3v) is 3.77. The summed E-state index contributed by atoms with van der Waals surface area (Å²) in [5, 5.41) is 12.7. The minimum Gasteiger partial charge on any atom is -0.468 e. The maximum absolute atomic E-state index is 10.9. The Morgan fingerprint density at radius 2 is 2.29 bits per heavy atom. The van der Waals surface area contributed by atoms with Crippen molar-refractivity contribution in [2.75, 3.05) is 32.8 Å². The van der Waals surface area contributed by atoms with Crippen molar-refractivity contribution in [3.63, 3.8) is 0 Å². The number of nitrogens with one attached hydrogen (secondary N) is 1. The summed E-state index contributed by atoms with van der Waals surface area (Å²) in [5.74, 6) is 0.821. The molecule has 0 bridgehead atoms. The molecule has 3 N–H and O–H groups in total. The van der Waals surface area contributed by atoms with E-state index in [0.717, 1.165) is 10.1 Å². The fourth-order valence-corrected chi connectivity index (χ4v) is 2.35. The van der Waals surface area contributed by atoms with Crippen LogP contribution in [-0.4, -0.2) is 61.3 Å². The zero-order valence-electron chi connectivity index (χ0n) is 11.9. The highest BCUT2D eigenvalue weighted by molar-refractivity contribution is 7.83. The van der Waals surface area contributed by atoms with Gasteiger partial charge in [0.05, 0.1) is 32.1 Å². The Bertz CT molecular complexity index is 476. The molecule has 1 aromatic heterocycles. The van der Waals surface area contributed by atoms with Crippen molar-refractivity contribution in [3.05, 3.63) is 24.2 Å². The van der Waals surface area contributed by atoms with Gasteiger partial charge >= 0.3 is 10.3 Å². The molecule has 1 rings (SSSR count). The Kier molecular flexibility index (Phi) is 7.86. The van der Waals surface area contributed by atoms with Crippen LogP contribution >= 0.6 is 0 Å². The summed E-state index contributed by atoms with van der Waals surface area (Å²) >= 11 is 0. The molecular formula is C12H22N2O6S. The lowest BCUT2D eigenvalue weighted by atomic mass is 10.4. The molecule has 1 aromatic rings. The van der Waals surface area contributed by atoms with E-state index in [0.29, 0.717) is 19.7 Å². The van der Waals surface area contributed by atoms with E-state index in [-0.39, 0.29) is 19.7 Å². The standard InChI is InChI=1S/C12H22N2O6S/c1-2-14(21(16,17)18)9-11(15)10-19-7-5-13-8-12-4-3-6-20-12/h3-4,6,11,13,15H,2,5,7-10H2,1H3,(H,16,17,18). The van der Waals surface area contributed by atoms with Crippen molar-refractivity contribution in [1.29, 1.82) is 0 Å². The topological polar surface area (TPSA) is 112 Å². The molecule has 0 aromatic carbocycles. The van der Waals surface area contributed by atoms with Gasteiger partial charge in [0, 0.05) is 19.6 Å². The molecule has 0 saturated carbocycles. The van der Waals surface area contributed by atoms with E-state index in [2.05, 4.69) is 5.32 Å². The minimum atomic E-state index is -4.28. The number of nitrogens with zero attached hydrogens (tertiary/aromatic N) is 1. The van der Waals surface area contributed by atoms with Crippen LogP contribution in [0.4, 0.5) is 0 Å². The first-order chi connectivity index (χ1) is 9.93. The second kappa shape index (κ2) is 9.13. The van der Waals surface area contributed by atoms with Gasteiger partial charge in [-0.2, -0.15) is 12.7 Å². The van der Waals surface area contributed by atoms with Gasteiger partial charge in [0.15, 0.2) is 0 Å². The monoisotopic (exact) mass is 322 g/mol. The molecule has 1 atom stereocenters. The van der Waals surface area contributed by atoms with Crippen molar-refractivity contribution in [3.8, 4) is 0 Å². The smallest absolute Gasteiger partial charge is 0.335 e. The molecule has 0 spiro atoms. The van der Waals surface area contributed by atoms with Gasteiger partial charge in [0.2, 0.25) is 0 Å². The summed E-state index contributed by atoms with van der Waals surface area (Å²) in [5.41, 5.74) is 0. The molecule has 122 valence electrons. The van der Waals surface area contributed by atoms with Crippen LogP contribution in [0.15, 0.2) is 22.8 Å². The van der Waals surface area contributed by atoms with Crippen molar-refractivity contribution < 1.29 is 27.2 Å². The summed E-state index contributed by atoms with van der Waals surface area (Å²) in [6.45, 7) is 2.98. The second-order valence-corrected chi connectivity index (χ2v) is 5.83. The molecule has 0 radical (unpaired) electrons. The van der Waals surface area contributed by atoms with Gasteiger partial charge in [0.1, 0.15) is 5.76 Å². The summed E-state index contributed by atoms with van der Waals surface area (Å²) in [4.78, 5) is 0. The zero-order chi connectivity index (χ0) is 15.7. The predicted octanol–water partition coefficient (Wildman–Crippen LogP) is -0.129. The van der Waals surface area contributed by atoms with Crippen LogP contribution < -0.4 is 5.32 Å². The van der Waals surface area contributed by atoms with Crippen LogP contribution in [0.2, 0.25) is 0 Å². The Balaban J connectivity index is 2.09. The highest BCUT2D eigenvalue weighted by Gasteiger charge is 2.20. The molecule has 9 heteroatoms.